The number of aromatic nitrogens is 2. The van der Waals surface area contributed by atoms with E-state index in [1.54, 1.807) is 55.4 Å². The van der Waals surface area contributed by atoms with E-state index < -0.39 is 11.9 Å². The van der Waals surface area contributed by atoms with Gasteiger partial charge in [0.1, 0.15) is 17.7 Å². The summed E-state index contributed by atoms with van der Waals surface area (Å²) in [6.45, 7) is 0.277. The molecular formula is C20H21FN4O2. The number of hydrogen-bond donors (Lipinski definition) is 2. The molecule has 0 saturated carbocycles. The van der Waals surface area contributed by atoms with Crippen LogP contribution in [0.1, 0.15) is 17.4 Å². The zero-order chi connectivity index (χ0) is 19.4. The summed E-state index contributed by atoms with van der Waals surface area (Å²) in [5.41, 5.74) is 0.719. The molecule has 1 heterocycles. The van der Waals surface area contributed by atoms with Crippen molar-refractivity contribution in [2.45, 2.75) is 12.5 Å². The number of hydrogen-bond acceptors (Lipinski definition) is 4. The average Bonchev–Trinajstić information content (AvgIpc) is 2.63. The van der Waals surface area contributed by atoms with E-state index in [4.69, 9.17) is 0 Å². The number of amides is 1. The molecule has 0 fully saturated rings. The fourth-order valence-electron chi connectivity index (χ4n) is 3.00. The van der Waals surface area contributed by atoms with Crippen molar-refractivity contribution < 1.29 is 9.18 Å². The van der Waals surface area contributed by atoms with E-state index in [1.165, 1.54) is 6.07 Å². The van der Waals surface area contributed by atoms with Crippen molar-refractivity contribution in [1.29, 1.82) is 0 Å². The van der Waals surface area contributed by atoms with Crippen molar-refractivity contribution in [3.8, 4) is 0 Å². The lowest BCUT2D eigenvalue weighted by Crippen LogP contribution is -2.38. The molecule has 3 aromatic rings. The Morgan fingerprint density at radius 3 is 2.63 bits per heavy atom. The lowest BCUT2D eigenvalue weighted by Gasteiger charge is -2.24. The fraction of sp³-hybridized carbons (Fsp3) is 0.250. The highest BCUT2D eigenvalue weighted by atomic mass is 19.1. The van der Waals surface area contributed by atoms with E-state index in [2.05, 4.69) is 15.3 Å². The predicted octanol–water partition coefficient (Wildman–Crippen LogP) is 2.02. The maximum atomic E-state index is 14.1. The van der Waals surface area contributed by atoms with Crippen LogP contribution in [-0.4, -0.2) is 41.4 Å². The molecule has 7 heteroatoms. The Labute approximate surface area is 156 Å². The number of benzene rings is 2. The van der Waals surface area contributed by atoms with Gasteiger partial charge >= 0.3 is 0 Å². The molecule has 1 amide bonds. The third-order valence-electron chi connectivity index (χ3n) is 4.29. The number of halogens is 1. The molecule has 6 nitrogen and oxygen atoms in total. The van der Waals surface area contributed by atoms with Crippen LogP contribution >= 0.6 is 0 Å². The van der Waals surface area contributed by atoms with Gasteiger partial charge in [0.05, 0.1) is 10.9 Å². The lowest BCUT2D eigenvalue weighted by atomic mass is 10.0. The molecule has 1 unspecified atom stereocenters. The first-order chi connectivity index (χ1) is 13.0. The number of nitrogens with zero attached hydrogens (tertiary/aromatic N) is 2. The number of para-hydroxylation sites is 1. The standard InChI is InChI=1S/C20H21FN4O2/c1-25(2)18(13-7-3-5-9-15(13)21)20(27)22-12-11-17-23-16-10-6-4-8-14(16)19(26)24-17/h3-10,18H,11-12H2,1-2H3,(H,22,27)(H,23,24,26). The summed E-state index contributed by atoms with van der Waals surface area (Å²) in [5.74, 6) is -0.244. The quantitative estimate of drug-likeness (QED) is 0.698. The Balaban J connectivity index is 1.70. The highest BCUT2D eigenvalue weighted by Gasteiger charge is 2.25. The van der Waals surface area contributed by atoms with Crippen LogP contribution < -0.4 is 10.9 Å². The summed E-state index contributed by atoms with van der Waals surface area (Å²) < 4.78 is 14.1. The normalized spacial score (nSPS) is 12.3. The molecule has 0 spiro atoms. The van der Waals surface area contributed by atoms with Gasteiger partial charge in [0.2, 0.25) is 5.91 Å². The number of carbonyl (C=O) groups excluding carboxylic acids is 1. The maximum Gasteiger partial charge on any atom is 0.258 e. The van der Waals surface area contributed by atoms with Crippen LogP contribution in [0.3, 0.4) is 0 Å². The molecule has 2 N–H and O–H groups in total. The second-order valence-electron chi connectivity index (χ2n) is 6.46. The lowest BCUT2D eigenvalue weighted by molar-refractivity contribution is -0.125. The van der Waals surface area contributed by atoms with Gasteiger partial charge in [-0.2, -0.15) is 0 Å². The van der Waals surface area contributed by atoms with Crippen LogP contribution in [0.15, 0.2) is 53.3 Å². The topological polar surface area (TPSA) is 78.1 Å². The molecule has 0 aliphatic rings. The SMILES string of the molecule is CN(C)C(C(=O)NCCc1nc2ccccc2c(=O)[nH]1)c1ccccc1F. The molecule has 0 bridgehead atoms. The van der Waals surface area contributed by atoms with E-state index in [1.807, 2.05) is 6.07 Å². The highest BCUT2D eigenvalue weighted by molar-refractivity contribution is 5.83. The van der Waals surface area contributed by atoms with Crippen molar-refractivity contribution in [3.05, 3.63) is 76.1 Å². The number of H-pyrrole nitrogens is 1. The molecule has 0 radical (unpaired) electrons. The Morgan fingerprint density at radius 2 is 1.89 bits per heavy atom. The van der Waals surface area contributed by atoms with Crippen LogP contribution in [0.5, 0.6) is 0 Å². The first kappa shape index (κ1) is 18.7. The number of aromatic amines is 1. The van der Waals surface area contributed by atoms with E-state index in [-0.39, 0.29) is 18.0 Å². The third kappa shape index (κ3) is 4.20. The summed E-state index contributed by atoms with van der Waals surface area (Å²) in [7, 11) is 3.44. The summed E-state index contributed by atoms with van der Waals surface area (Å²) in [6, 6.07) is 12.6. The zero-order valence-electron chi connectivity index (χ0n) is 15.2. The molecular weight excluding hydrogens is 347 g/mol. The molecule has 2 aromatic carbocycles. The van der Waals surface area contributed by atoms with Gasteiger partial charge in [-0.3, -0.25) is 14.5 Å². The van der Waals surface area contributed by atoms with Crippen molar-refractivity contribution in [2.75, 3.05) is 20.6 Å². The van der Waals surface area contributed by atoms with Crippen LogP contribution in [0.25, 0.3) is 10.9 Å². The molecule has 0 saturated heterocycles. The van der Waals surface area contributed by atoms with Gasteiger partial charge in [0, 0.05) is 18.5 Å². The Hall–Kier alpha value is -3.06. The molecule has 1 atom stereocenters. The summed E-state index contributed by atoms with van der Waals surface area (Å²) in [5, 5.41) is 3.32. The van der Waals surface area contributed by atoms with Crippen LogP contribution in [0.4, 0.5) is 4.39 Å². The van der Waals surface area contributed by atoms with E-state index in [0.29, 0.717) is 28.7 Å². The predicted molar refractivity (Wildman–Crippen MR) is 102 cm³/mol. The second kappa shape index (κ2) is 8.09. The first-order valence-electron chi connectivity index (χ1n) is 8.64. The largest absolute Gasteiger partial charge is 0.354 e. The molecule has 140 valence electrons. The summed E-state index contributed by atoms with van der Waals surface area (Å²) >= 11 is 0. The fourth-order valence-corrected chi connectivity index (χ4v) is 3.00. The van der Waals surface area contributed by atoms with Gasteiger partial charge in [0.15, 0.2) is 0 Å². The smallest absolute Gasteiger partial charge is 0.258 e. The van der Waals surface area contributed by atoms with Crippen LogP contribution in [0.2, 0.25) is 0 Å². The summed E-state index contributed by atoms with van der Waals surface area (Å²) in [4.78, 5) is 33.5. The van der Waals surface area contributed by atoms with Crippen molar-refractivity contribution in [2.24, 2.45) is 0 Å². The number of carbonyl (C=O) groups is 1. The molecule has 0 aliphatic carbocycles. The zero-order valence-corrected chi connectivity index (χ0v) is 15.2. The number of likely N-dealkylation sites (N-methyl/N-ethyl adjacent to an activating group) is 1. The van der Waals surface area contributed by atoms with Gasteiger partial charge in [-0.25, -0.2) is 9.37 Å². The minimum atomic E-state index is -0.741. The molecule has 1 aromatic heterocycles. The van der Waals surface area contributed by atoms with Gasteiger partial charge in [0.25, 0.3) is 5.56 Å². The minimum Gasteiger partial charge on any atom is -0.354 e. The molecule has 0 aliphatic heterocycles. The highest BCUT2D eigenvalue weighted by Crippen LogP contribution is 2.21. The molecule has 3 rings (SSSR count). The number of rotatable bonds is 6. The van der Waals surface area contributed by atoms with Gasteiger partial charge in [-0.15, -0.1) is 0 Å². The van der Waals surface area contributed by atoms with Crippen molar-refractivity contribution >= 4 is 16.8 Å². The van der Waals surface area contributed by atoms with E-state index in [9.17, 15) is 14.0 Å². The van der Waals surface area contributed by atoms with Gasteiger partial charge in [-0.1, -0.05) is 30.3 Å². The maximum absolute atomic E-state index is 14.1. The second-order valence-corrected chi connectivity index (χ2v) is 6.46. The monoisotopic (exact) mass is 368 g/mol. The minimum absolute atomic E-state index is 0.209. The van der Waals surface area contributed by atoms with Gasteiger partial charge in [-0.05, 0) is 32.3 Å². The van der Waals surface area contributed by atoms with E-state index in [0.717, 1.165) is 0 Å². The van der Waals surface area contributed by atoms with Gasteiger partial charge < -0.3 is 10.3 Å². The first-order valence-corrected chi connectivity index (χ1v) is 8.64. The van der Waals surface area contributed by atoms with Crippen LogP contribution in [-0.2, 0) is 11.2 Å². The Bertz CT molecular complexity index is 1020. The Morgan fingerprint density at radius 1 is 1.19 bits per heavy atom. The third-order valence-corrected chi connectivity index (χ3v) is 4.29. The number of fused-ring (bicyclic) bond motifs is 1. The van der Waals surface area contributed by atoms with E-state index >= 15 is 0 Å². The number of nitrogens with one attached hydrogen (secondary N) is 2. The Kier molecular flexibility index (Phi) is 5.61. The summed E-state index contributed by atoms with van der Waals surface area (Å²) in [6.07, 6.45) is 0.364. The van der Waals surface area contributed by atoms with Crippen LogP contribution in [0, 0.1) is 5.82 Å². The van der Waals surface area contributed by atoms with Crippen molar-refractivity contribution in [1.82, 2.24) is 20.2 Å². The van der Waals surface area contributed by atoms with Crippen molar-refractivity contribution in [3.63, 3.8) is 0 Å². The average molecular weight is 368 g/mol. The molecule has 27 heavy (non-hydrogen) atoms.